The molecule has 0 amide bonds. The molecule has 166 valence electrons. The molecule has 31 heavy (non-hydrogen) atoms. The normalized spacial score (nSPS) is 17.0. The van der Waals surface area contributed by atoms with Crippen molar-refractivity contribution in [3.05, 3.63) is 45.3 Å². The van der Waals surface area contributed by atoms with Gasteiger partial charge in [-0.2, -0.15) is 0 Å². The second-order valence-electron chi connectivity index (χ2n) is 8.61. The van der Waals surface area contributed by atoms with E-state index in [2.05, 4.69) is 64.5 Å². The zero-order valence-corrected chi connectivity index (χ0v) is 20.7. The standard InChI is InChI=1S/C25H33BrN4O/c1-5-18-13-20(26)14-19(6-2)23(18)30-15-16(3)22-24(27-17(4)28-25(22)30)29-11-8-7-9-21(29)10-12-31/h13-15,21,31H,5-12H2,1-4H3. The van der Waals surface area contributed by atoms with Gasteiger partial charge in [0.15, 0.2) is 5.65 Å². The Kier molecular flexibility index (Phi) is 6.68. The highest BCUT2D eigenvalue weighted by molar-refractivity contribution is 9.10. The number of benzene rings is 1. The lowest BCUT2D eigenvalue weighted by atomic mass is 9.99. The SMILES string of the molecule is CCc1cc(Br)cc(CC)c1-n1cc(C)c2c(N3CCCCC3CCO)nc(C)nc21. The van der Waals surface area contributed by atoms with Crippen LogP contribution < -0.4 is 4.90 Å². The lowest BCUT2D eigenvalue weighted by molar-refractivity contribution is 0.262. The number of aromatic nitrogens is 3. The van der Waals surface area contributed by atoms with E-state index in [1.165, 1.54) is 35.2 Å². The number of nitrogens with zero attached hydrogens (tertiary/aromatic N) is 4. The van der Waals surface area contributed by atoms with E-state index in [0.29, 0.717) is 6.04 Å². The van der Waals surface area contributed by atoms with E-state index in [-0.39, 0.29) is 6.61 Å². The van der Waals surface area contributed by atoms with Gasteiger partial charge in [-0.25, -0.2) is 9.97 Å². The highest BCUT2D eigenvalue weighted by Crippen LogP contribution is 2.36. The van der Waals surface area contributed by atoms with Crippen LogP contribution in [0.15, 0.2) is 22.8 Å². The van der Waals surface area contributed by atoms with E-state index in [4.69, 9.17) is 9.97 Å². The zero-order chi connectivity index (χ0) is 22.1. The van der Waals surface area contributed by atoms with Crippen LogP contribution in [0.25, 0.3) is 16.7 Å². The number of aliphatic hydroxyl groups excluding tert-OH is 1. The fourth-order valence-electron chi connectivity index (χ4n) is 5.06. The number of anilines is 1. The second kappa shape index (κ2) is 9.29. The van der Waals surface area contributed by atoms with Crippen molar-refractivity contribution in [2.45, 2.75) is 72.3 Å². The molecule has 0 saturated carbocycles. The number of hydrogen-bond acceptors (Lipinski definition) is 4. The monoisotopic (exact) mass is 484 g/mol. The van der Waals surface area contributed by atoms with Gasteiger partial charge >= 0.3 is 0 Å². The quantitative estimate of drug-likeness (QED) is 0.489. The van der Waals surface area contributed by atoms with Crippen molar-refractivity contribution in [3.63, 3.8) is 0 Å². The topological polar surface area (TPSA) is 54.2 Å². The van der Waals surface area contributed by atoms with E-state index >= 15 is 0 Å². The van der Waals surface area contributed by atoms with Crippen LogP contribution >= 0.6 is 15.9 Å². The third-order valence-electron chi connectivity index (χ3n) is 6.52. The van der Waals surface area contributed by atoms with Crippen LogP contribution in [0.2, 0.25) is 0 Å². The molecular formula is C25H33BrN4O. The summed E-state index contributed by atoms with van der Waals surface area (Å²) in [4.78, 5) is 12.3. The summed E-state index contributed by atoms with van der Waals surface area (Å²) in [6.07, 6.45) is 8.43. The maximum absolute atomic E-state index is 9.63. The van der Waals surface area contributed by atoms with Gasteiger partial charge in [-0.05, 0) is 81.2 Å². The first kappa shape index (κ1) is 22.3. The van der Waals surface area contributed by atoms with Crippen LogP contribution in [0.1, 0.15) is 62.0 Å². The molecule has 1 aliphatic rings. The van der Waals surface area contributed by atoms with Crippen molar-refractivity contribution in [2.75, 3.05) is 18.1 Å². The molecule has 0 bridgehead atoms. The number of fused-ring (bicyclic) bond motifs is 1. The Hall–Kier alpha value is -1.92. The first-order chi connectivity index (χ1) is 15.0. The van der Waals surface area contributed by atoms with Crippen molar-refractivity contribution >= 4 is 32.8 Å². The Balaban J connectivity index is 1.96. The van der Waals surface area contributed by atoms with Crippen molar-refractivity contribution in [3.8, 4) is 5.69 Å². The van der Waals surface area contributed by atoms with Gasteiger partial charge in [0.25, 0.3) is 0 Å². The fourth-order valence-corrected chi connectivity index (χ4v) is 5.62. The smallest absolute Gasteiger partial charge is 0.150 e. The molecule has 4 rings (SSSR count). The van der Waals surface area contributed by atoms with Gasteiger partial charge in [-0.15, -0.1) is 0 Å². The number of rotatable bonds is 6. The Labute approximate surface area is 193 Å². The first-order valence-corrected chi connectivity index (χ1v) is 12.3. The molecule has 1 N–H and O–H groups in total. The highest BCUT2D eigenvalue weighted by Gasteiger charge is 2.27. The van der Waals surface area contributed by atoms with Crippen LogP contribution in [-0.4, -0.2) is 38.8 Å². The molecule has 1 aromatic carbocycles. The van der Waals surface area contributed by atoms with Crippen molar-refractivity contribution in [2.24, 2.45) is 0 Å². The van der Waals surface area contributed by atoms with Gasteiger partial charge in [0.1, 0.15) is 11.6 Å². The third kappa shape index (κ3) is 4.12. The Morgan fingerprint density at radius 2 is 1.81 bits per heavy atom. The largest absolute Gasteiger partial charge is 0.396 e. The van der Waals surface area contributed by atoms with Crippen LogP contribution in [-0.2, 0) is 12.8 Å². The molecule has 2 aromatic heterocycles. The molecule has 0 aliphatic carbocycles. The number of aliphatic hydroxyl groups is 1. The molecule has 1 aliphatic heterocycles. The van der Waals surface area contributed by atoms with Crippen LogP contribution in [0, 0.1) is 13.8 Å². The Morgan fingerprint density at radius 1 is 1.10 bits per heavy atom. The number of halogens is 1. The average molecular weight is 485 g/mol. The van der Waals surface area contributed by atoms with Crippen LogP contribution in [0.3, 0.4) is 0 Å². The van der Waals surface area contributed by atoms with Crippen molar-refractivity contribution in [1.82, 2.24) is 14.5 Å². The first-order valence-electron chi connectivity index (χ1n) is 11.5. The molecule has 0 radical (unpaired) electrons. The zero-order valence-electron chi connectivity index (χ0n) is 19.1. The lowest BCUT2D eigenvalue weighted by Crippen LogP contribution is -2.41. The summed E-state index contributed by atoms with van der Waals surface area (Å²) in [5.41, 5.74) is 6.07. The summed E-state index contributed by atoms with van der Waals surface area (Å²) in [7, 11) is 0. The third-order valence-corrected chi connectivity index (χ3v) is 6.98. The average Bonchev–Trinajstić information content (AvgIpc) is 3.08. The Bertz CT molecular complexity index is 1060. The van der Waals surface area contributed by atoms with Gasteiger partial charge in [0, 0.05) is 29.9 Å². The lowest BCUT2D eigenvalue weighted by Gasteiger charge is -2.37. The number of piperidine rings is 1. The summed E-state index contributed by atoms with van der Waals surface area (Å²) in [6, 6.07) is 4.79. The minimum atomic E-state index is 0.215. The molecule has 6 heteroatoms. The molecule has 5 nitrogen and oxygen atoms in total. The maximum atomic E-state index is 9.63. The van der Waals surface area contributed by atoms with Crippen LogP contribution in [0.4, 0.5) is 5.82 Å². The predicted octanol–water partition coefficient (Wildman–Crippen LogP) is 5.67. The minimum absolute atomic E-state index is 0.215. The minimum Gasteiger partial charge on any atom is -0.396 e. The summed E-state index contributed by atoms with van der Waals surface area (Å²) >= 11 is 3.69. The molecule has 1 saturated heterocycles. The molecule has 1 fully saturated rings. The van der Waals surface area contributed by atoms with Gasteiger partial charge in [-0.1, -0.05) is 29.8 Å². The Morgan fingerprint density at radius 3 is 2.45 bits per heavy atom. The molecule has 3 heterocycles. The van der Waals surface area contributed by atoms with Gasteiger partial charge in [0.2, 0.25) is 0 Å². The number of hydrogen-bond donors (Lipinski definition) is 1. The van der Waals surface area contributed by atoms with Crippen molar-refractivity contribution < 1.29 is 5.11 Å². The van der Waals surface area contributed by atoms with Crippen molar-refractivity contribution in [1.29, 1.82) is 0 Å². The van der Waals surface area contributed by atoms with E-state index in [1.54, 1.807) is 0 Å². The van der Waals surface area contributed by atoms with Gasteiger partial charge < -0.3 is 14.6 Å². The number of aryl methyl sites for hydroxylation is 4. The summed E-state index contributed by atoms with van der Waals surface area (Å²) < 4.78 is 3.42. The molecule has 3 aromatic rings. The molecular weight excluding hydrogens is 452 g/mol. The summed E-state index contributed by atoms with van der Waals surface area (Å²) in [5, 5.41) is 10.8. The molecule has 0 spiro atoms. The molecule has 1 unspecified atom stereocenters. The van der Waals surface area contributed by atoms with E-state index < -0.39 is 0 Å². The van der Waals surface area contributed by atoms with E-state index in [1.807, 2.05) is 6.92 Å². The van der Waals surface area contributed by atoms with Gasteiger partial charge in [-0.3, -0.25) is 0 Å². The second-order valence-corrected chi connectivity index (χ2v) is 9.53. The van der Waals surface area contributed by atoms with E-state index in [9.17, 15) is 5.11 Å². The summed E-state index contributed by atoms with van der Waals surface area (Å²) in [6.45, 7) is 9.78. The maximum Gasteiger partial charge on any atom is 0.150 e. The fraction of sp³-hybridized carbons (Fsp3) is 0.520. The van der Waals surface area contributed by atoms with Crippen LogP contribution in [0.5, 0.6) is 0 Å². The summed E-state index contributed by atoms with van der Waals surface area (Å²) in [5.74, 6) is 1.83. The highest BCUT2D eigenvalue weighted by atomic mass is 79.9. The van der Waals surface area contributed by atoms with Gasteiger partial charge in [0.05, 0.1) is 11.1 Å². The predicted molar refractivity (Wildman–Crippen MR) is 131 cm³/mol. The molecule has 1 atom stereocenters. The van der Waals surface area contributed by atoms with E-state index in [0.717, 1.165) is 59.4 Å².